The highest BCUT2D eigenvalue weighted by molar-refractivity contribution is 9.08. The van der Waals surface area contributed by atoms with Gasteiger partial charge in [0.05, 0.1) is 5.56 Å². The van der Waals surface area contributed by atoms with Gasteiger partial charge in [-0.1, -0.05) is 22.0 Å². The van der Waals surface area contributed by atoms with Crippen molar-refractivity contribution in [3.8, 4) is 0 Å². The minimum absolute atomic E-state index is 0.172. The molecule has 0 fully saturated rings. The van der Waals surface area contributed by atoms with E-state index in [0.717, 1.165) is 0 Å². The molecule has 1 rings (SSSR count). The lowest BCUT2D eigenvalue weighted by Crippen LogP contribution is -2.30. The molecule has 0 unspecified atom stereocenters. The first-order chi connectivity index (χ1) is 8.31. The molecule has 0 saturated carbocycles. The van der Waals surface area contributed by atoms with Crippen molar-refractivity contribution < 1.29 is 13.2 Å². The van der Waals surface area contributed by atoms with Crippen LogP contribution in [0.2, 0.25) is 0 Å². The van der Waals surface area contributed by atoms with Crippen molar-refractivity contribution in [3.05, 3.63) is 29.3 Å². The van der Waals surface area contributed by atoms with E-state index in [2.05, 4.69) is 15.9 Å². The van der Waals surface area contributed by atoms with Gasteiger partial charge in [0.25, 0.3) is 0 Å². The molecule has 0 aliphatic heterocycles. The molecule has 0 atom stereocenters. The van der Waals surface area contributed by atoms with E-state index >= 15 is 0 Å². The molecular formula is C13H17BrF3N. The maximum absolute atomic E-state index is 12.9. The third kappa shape index (κ3) is 3.40. The largest absolute Gasteiger partial charge is 0.416 e. The number of benzene rings is 1. The summed E-state index contributed by atoms with van der Waals surface area (Å²) < 4.78 is 38.8. The second-order valence-corrected chi connectivity index (χ2v) is 4.91. The number of halogens is 4. The number of rotatable bonds is 4. The van der Waals surface area contributed by atoms with Gasteiger partial charge in [0.15, 0.2) is 0 Å². The first-order valence-electron chi connectivity index (χ1n) is 5.84. The van der Waals surface area contributed by atoms with E-state index in [1.807, 2.05) is 25.7 Å². The number of nitrogens with zero attached hydrogens (tertiary/aromatic N) is 1. The third-order valence-electron chi connectivity index (χ3n) is 2.84. The lowest BCUT2D eigenvalue weighted by Gasteiger charge is -2.28. The van der Waals surface area contributed by atoms with Crippen molar-refractivity contribution in [3.63, 3.8) is 0 Å². The zero-order valence-corrected chi connectivity index (χ0v) is 12.3. The van der Waals surface area contributed by atoms with Gasteiger partial charge in [0.2, 0.25) is 0 Å². The van der Waals surface area contributed by atoms with Crippen LogP contribution in [0.5, 0.6) is 0 Å². The normalized spacial score (nSPS) is 12.0. The summed E-state index contributed by atoms with van der Waals surface area (Å²) in [5, 5.41) is 0.204. The van der Waals surface area contributed by atoms with Crippen molar-refractivity contribution in [1.82, 2.24) is 0 Å². The SMILES string of the molecule is CCN(c1ccc(CBr)c(C(F)(F)F)c1)C(C)C. The van der Waals surface area contributed by atoms with Crippen LogP contribution in [0.15, 0.2) is 18.2 Å². The Bertz CT molecular complexity index is 402. The minimum Gasteiger partial charge on any atom is -0.369 e. The molecule has 0 spiro atoms. The Morgan fingerprint density at radius 2 is 1.89 bits per heavy atom. The topological polar surface area (TPSA) is 3.24 Å². The predicted octanol–water partition coefficient (Wildman–Crippen LogP) is 4.84. The van der Waals surface area contributed by atoms with Gasteiger partial charge in [-0.25, -0.2) is 0 Å². The van der Waals surface area contributed by atoms with Gasteiger partial charge in [0, 0.05) is 23.6 Å². The van der Waals surface area contributed by atoms with Crippen molar-refractivity contribution in [2.45, 2.75) is 38.3 Å². The summed E-state index contributed by atoms with van der Waals surface area (Å²) in [5.74, 6) is 0. The standard InChI is InChI=1S/C13H17BrF3N/c1-4-18(9(2)3)11-6-5-10(8-14)12(7-11)13(15,16)17/h5-7,9H,4,8H2,1-3H3. The zero-order chi connectivity index (χ0) is 13.9. The highest BCUT2D eigenvalue weighted by atomic mass is 79.9. The van der Waals surface area contributed by atoms with Crippen LogP contribution in [0.4, 0.5) is 18.9 Å². The Morgan fingerprint density at radius 3 is 2.28 bits per heavy atom. The molecule has 0 bridgehead atoms. The number of hydrogen-bond acceptors (Lipinski definition) is 1. The fourth-order valence-corrected chi connectivity index (χ4v) is 2.46. The Hall–Kier alpha value is -0.710. The monoisotopic (exact) mass is 323 g/mol. The fraction of sp³-hybridized carbons (Fsp3) is 0.538. The van der Waals surface area contributed by atoms with Gasteiger partial charge in [-0.05, 0) is 38.5 Å². The van der Waals surface area contributed by atoms with E-state index in [4.69, 9.17) is 0 Å². The van der Waals surface area contributed by atoms with E-state index in [1.165, 1.54) is 12.1 Å². The van der Waals surface area contributed by atoms with Crippen LogP contribution < -0.4 is 4.90 Å². The molecule has 0 amide bonds. The first-order valence-corrected chi connectivity index (χ1v) is 6.96. The molecule has 102 valence electrons. The van der Waals surface area contributed by atoms with Crippen LogP contribution in [0.25, 0.3) is 0 Å². The van der Waals surface area contributed by atoms with Crippen LogP contribution in [0.3, 0.4) is 0 Å². The van der Waals surface area contributed by atoms with Gasteiger partial charge < -0.3 is 4.90 Å². The first kappa shape index (κ1) is 15.3. The summed E-state index contributed by atoms with van der Waals surface area (Å²) in [6.07, 6.45) is -4.31. The van der Waals surface area contributed by atoms with Gasteiger partial charge in [-0.2, -0.15) is 13.2 Å². The maximum Gasteiger partial charge on any atom is 0.416 e. The lowest BCUT2D eigenvalue weighted by molar-refractivity contribution is -0.138. The Balaban J connectivity index is 3.26. The summed E-state index contributed by atoms with van der Waals surface area (Å²) in [7, 11) is 0. The number of hydrogen-bond donors (Lipinski definition) is 0. The van der Waals surface area contributed by atoms with E-state index in [1.54, 1.807) is 6.07 Å². The van der Waals surface area contributed by atoms with Crippen molar-refractivity contribution in [2.75, 3.05) is 11.4 Å². The maximum atomic E-state index is 12.9. The van der Waals surface area contributed by atoms with Crippen LogP contribution in [-0.4, -0.2) is 12.6 Å². The third-order valence-corrected chi connectivity index (χ3v) is 3.44. The summed E-state index contributed by atoms with van der Waals surface area (Å²) in [4.78, 5) is 1.94. The fourth-order valence-electron chi connectivity index (χ4n) is 1.97. The number of alkyl halides is 4. The number of anilines is 1. The Morgan fingerprint density at radius 1 is 1.28 bits per heavy atom. The molecular weight excluding hydrogens is 307 g/mol. The molecule has 1 nitrogen and oxygen atoms in total. The molecule has 0 aromatic heterocycles. The molecule has 0 aliphatic carbocycles. The van der Waals surface area contributed by atoms with Crippen LogP contribution in [0.1, 0.15) is 31.9 Å². The molecule has 1 aromatic rings. The average Bonchev–Trinajstić information content (AvgIpc) is 2.28. The van der Waals surface area contributed by atoms with Crippen LogP contribution in [0, 0.1) is 0 Å². The molecule has 0 saturated heterocycles. The van der Waals surface area contributed by atoms with Gasteiger partial charge >= 0.3 is 6.18 Å². The molecule has 0 heterocycles. The van der Waals surface area contributed by atoms with Crippen LogP contribution >= 0.6 is 15.9 Å². The Labute approximate surface area is 114 Å². The lowest BCUT2D eigenvalue weighted by atomic mass is 10.1. The highest BCUT2D eigenvalue weighted by Gasteiger charge is 2.33. The smallest absolute Gasteiger partial charge is 0.369 e. The summed E-state index contributed by atoms with van der Waals surface area (Å²) >= 11 is 3.09. The second-order valence-electron chi connectivity index (χ2n) is 4.35. The zero-order valence-electron chi connectivity index (χ0n) is 10.7. The van der Waals surface area contributed by atoms with E-state index in [9.17, 15) is 13.2 Å². The van der Waals surface area contributed by atoms with E-state index in [0.29, 0.717) is 12.2 Å². The Kier molecular flexibility index (Phi) is 5.08. The summed E-state index contributed by atoms with van der Waals surface area (Å²) in [6, 6.07) is 4.69. The van der Waals surface area contributed by atoms with Crippen LogP contribution in [-0.2, 0) is 11.5 Å². The van der Waals surface area contributed by atoms with Crippen molar-refractivity contribution in [1.29, 1.82) is 0 Å². The minimum atomic E-state index is -4.31. The van der Waals surface area contributed by atoms with E-state index < -0.39 is 11.7 Å². The van der Waals surface area contributed by atoms with Gasteiger partial charge in [-0.15, -0.1) is 0 Å². The van der Waals surface area contributed by atoms with E-state index in [-0.39, 0.29) is 16.9 Å². The molecule has 1 aromatic carbocycles. The second kappa shape index (κ2) is 5.95. The summed E-state index contributed by atoms with van der Waals surface area (Å²) in [6.45, 7) is 6.55. The van der Waals surface area contributed by atoms with Gasteiger partial charge in [0.1, 0.15) is 0 Å². The van der Waals surface area contributed by atoms with Crippen molar-refractivity contribution in [2.24, 2.45) is 0 Å². The highest BCUT2D eigenvalue weighted by Crippen LogP contribution is 2.35. The molecule has 0 radical (unpaired) electrons. The molecule has 0 aliphatic rings. The molecule has 0 N–H and O–H groups in total. The van der Waals surface area contributed by atoms with Crippen molar-refractivity contribution >= 4 is 21.6 Å². The van der Waals surface area contributed by atoms with Gasteiger partial charge in [-0.3, -0.25) is 0 Å². The average molecular weight is 324 g/mol. The predicted molar refractivity (Wildman–Crippen MR) is 72.2 cm³/mol. The quantitative estimate of drug-likeness (QED) is 0.717. The molecule has 18 heavy (non-hydrogen) atoms. The molecule has 5 heteroatoms. The summed E-state index contributed by atoms with van der Waals surface area (Å²) in [5.41, 5.74) is 0.326.